The molecule has 1 N–H and O–H groups in total. The predicted molar refractivity (Wildman–Crippen MR) is 59.3 cm³/mol. The van der Waals surface area contributed by atoms with E-state index in [9.17, 15) is 0 Å². The molecule has 0 saturated carbocycles. The molecule has 0 fully saturated rings. The first kappa shape index (κ1) is 10.5. The molecule has 1 aliphatic heterocycles. The van der Waals surface area contributed by atoms with E-state index in [1.54, 1.807) is 0 Å². The van der Waals surface area contributed by atoms with Crippen LogP contribution in [0.15, 0.2) is 6.20 Å². The zero-order valence-electron chi connectivity index (χ0n) is 9.66. The Morgan fingerprint density at radius 1 is 1.60 bits per heavy atom. The maximum absolute atomic E-state index is 5.77. The number of hydrogen-bond acceptors (Lipinski definition) is 3. The van der Waals surface area contributed by atoms with Gasteiger partial charge in [-0.2, -0.15) is 5.10 Å². The predicted octanol–water partition coefficient (Wildman–Crippen LogP) is 1.38. The van der Waals surface area contributed by atoms with E-state index in [0.717, 1.165) is 25.5 Å². The van der Waals surface area contributed by atoms with Gasteiger partial charge in [0.1, 0.15) is 0 Å². The van der Waals surface area contributed by atoms with Crippen molar-refractivity contribution < 1.29 is 4.74 Å². The van der Waals surface area contributed by atoms with Crippen LogP contribution < -0.4 is 10.1 Å². The summed E-state index contributed by atoms with van der Waals surface area (Å²) < 4.78 is 7.75. The summed E-state index contributed by atoms with van der Waals surface area (Å²) in [6.07, 6.45) is 2.97. The van der Waals surface area contributed by atoms with Gasteiger partial charge in [-0.05, 0) is 19.4 Å². The Hall–Kier alpha value is -1.03. The standard InChI is InChI=1S/C11H19N3O/c1-8(2)10-6-13-14-7-9(12-3)4-5-15-11(10)14/h6,8-9,12H,4-5,7H2,1-3H3. The molecular weight excluding hydrogens is 190 g/mol. The number of ether oxygens (including phenoxy) is 1. The molecule has 2 heterocycles. The molecule has 2 rings (SSSR count). The van der Waals surface area contributed by atoms with Crippen molar-refractivity contribution in [2.75, 3.05) is 13.7 Å². The van der Waals surface area contributed by atoms with Crippen LogP contribution in [0.4, 0.5) is 0 Å². The third-order valence-corrected chi connectivity index (χ3v) is 2.95. The zero-order valence-corrected chi connectivity index (χ0v) is 9.66. The van der Waals surface area contributed by atoms with Crippen LogP contribution in [0, 0.1) is 0 Å². The third-order valence-electron chi connectivity index (χ3n) is 2.95. The van der Waals surface area contributed by atoms with Crippen LogP contribution in [0.2, 0.25) is 0 Å². The second-order valence-corrected chi connectivity index (χ2v) is 4.36. The maximum Gasteiger partial charge on any atom is 0.215 e. The SMILES string of the molecule is CNC1CCOc2c(C(C)C)cnn2C1. The molecule has 0 amide bonds. The normalized spacial score (nSPS) is 20.9. The van der Waals surface area contributed by atoms with Crippen LogP contribution in [-0.2, 0) is 6.54 Å². The molecule has 0 spiro atoms. The fourth-order valence-corrected chi connectivity index (χ4v) is 1.91. The molecule has 15 heavy (non-hydrogen) atoms. The highest BCUT2D eigenvalue weighted by Crippen LogP contribution is 2.28. The maximum atomic E-state index is 5.77. The molecule has 0 bridgehead atoms. The lowest BCUT2D eigenvalue weighted by Gasteiger charge is -2.11. The smallest absolute Gasteiger partial charge is 0.215 e. The lowest BCUT2D eigenvalue weighted by Crippen LogP contribution is -2.29. The number of hydrogen-bond donors (Lipinski definition) is 1. The van der Waals surface area contributed by atoms with E-state index >= 15 is 0 Å². The number of nitrogens with one attached hydrogen (secondary N) is 1. The van der Waals surface area contributed by atoms with Crippen LogP contribution in [0.3, 0.4) is 0 Å². The summed E-state index contributed by atoms with van der Waals surface area (Å²) in [6, 6.07) is 0.464. The Morgan fingerprint density at radius 3 is 3.07 bits per heavy atom. The summed E-state index contributed by atoms with van der Waals surface area (Å²) in [7, 11) is 1.99. The number of rotatable bonds is 2. The fourth-order valence-electron chi connectivity index (χ4n) is 1.91. The minimum absolute atomic E-state index is 0.464. The summed E-state index contributed by atoms with van der Waals surface area (Å²) in [6.45, 7) is 6.01. The summed E-state index contributed by atoms with van der Waals surface area (Å²) >= 11 is 0. The van der Waals surface area contributed by atoms with Crippen LogP contribution in [0.5, 0.6) is 5.88 Å². The van der Waals surface area contributed by atoms with Crippen LogP contribution in [0.1, 0.15) is 31.7 Å². The average molecular weight is 209 g/mol. The van der Waals surface area contributed by atoms with Gasteiger partial charge in [0, 0.05) is 11.6 Å². The van der Waals surface area contributed by atoms with Crippen molar-refractivity contribution in [1.29, 1.82) is 0 Å². The van der Waals surface area contributed by atoms with Gasteiger partial charge in [0.2, 0.25) is 5.88 Å². The highest BCUT2D eigenvalue weighted by atomic mass is 16.5. The molecule has 1 aromatic heterocycles. The van der Waals surface area contributed by atoms with Crippen molar-refractivity contribution in [2.45, 2.75) is 38.8 Å². The number of nitrogens with zero attached hydrogens (tertiary/aromatic N) is 2. The Labute approximate surface area is 90.6 Å². The molecule has 4 nitrogen and oxygen atoms in total. The summed E-state index contributed by atoms with van der Waals surface area (Å²) in [5, 5.41) is 7.67. The molecule has 0 radical (unpaired) electrons. The van der Waals surface area contributed by atoms with E-state index in [1.165, 1.54) is 5.56 Å². The second-order valence-electron chi connectivity index (χ2n) is 4.36. The average Bonchev–Trinajstić information content (AvgIpc) is 2.49. The zero-order chi connectivity index (χ0) is 10.8. The first-order chi connectivity index (χ1) is 7.22. The van der Waals surface area contributed by atoms with Crippen LogP contribution >= 0.6 is 0 Å². The van der Waals surface area contributed by atoms with Crippen LogP contribution in [0.25, 0.3) is 0 Å². The molecule has 1 aliphatic rings. The second kappa shape index (κ2) is 4.23. The molecule has 4 heteroatoms. The number of fused-ring (bicyclic) bond motifs is 1. The number of likely N-dealkylation sites (N-methyl/N-ethyl adjacent to an activating group) is 1. The lowest BCUT2D eigenvalue weighted by atomic mass is 10.1. The van der Waals surface area contributed by atoms with Gasteiger partial charge in [0.15, 0.2) is 0 Å². The van der Waals surface area contributed by atoms with Gasteiger partial charge in [-0.25, -0.2) is 4.68 Å². The van der Waals surface area contributed by atoms with Gasteiger partial charge in [-0.15, -0.1) is 0 Å². The molecule has 1 aromatic rings. The molecule has 1 unspecified atom stereocenters. The van der Waals surface area contributed by atoms with Crippen molar-refractivity contribution in [3.05, 3.63) is 11.8 Å². The molecule has 0 aromatic carbocycles. The van der Waals surface area contributed by atoms with Gasteiger partial charge in [-0.3, -0.25) is 0 Å². The molecule has 1 atom stereocenters. The van der Waals surface area contributed by atoms with Crippen LogP contribution in [-0.4, -0.2) is 29.5 Å². The van der Waals surface area contributed by atoms with Gasteiger partial charge < -0.3 is 10.1 Å². The van der Waals surface area contributed by atoms with Crippen molar-refractivity contribution in [2.24, 2.45) is 0 Å². The summed E-state index contributed by atoms with van der Waals surface area (Å²) in [5.41, 5.74) is 1.21. The minimum atomic E-state index is 0.464. The van der Waals surface area contributed by atoms with Crippen molar-refractivity contribution in [3.63, 3.8) is 0 Å². The Kier molecular flexibility index (Phi) is 2.95. The molecular formula is C11H19N3O. The topological polar surface area (TPSA) is 39.1 Å². The van der Waals surface area contributed by atoms with Crippen molar-refractivity contribution in [1.82, 2.24) is 15.1 Å². The fraction of sp³-hybridized carbons (Fsp3) is 0.727. The Bertz CT molecular complexity index is 333. The van der Waals surface area contributed by atoms with E-state index in [2.05, 4.69) is 24.3 Å². The quantitative estimate of drug-likeness (QED) is 0.799. The van der Waals surface area contributed by atoms with E-state index < -0.39 is 0 Å². The van der Waals surface area contributed by atoms with E-state index in [1.807, 2.05) is 17.9 Å². The first-order valence-corrected chi connectivity index (χ1v) is 5.58. The van der Waals surface area contributed by atoms with Gasteiger partial charge >= 0.3 is 0 Å². The van der Waals surface area contributed by atoms with Gasteiger partial charge in [0.05, 0.1) is 19.3 Å². The van der Waals surface area contributed by atoms with Gasteiger partial charge in [-0.1, -0.05) is 13.8 Å². The summed E-state index contributed by atoms with van der Waals surface area (Å²) in [4.78, 5) is 0. The number of aromatic nitrogens is 2. The van der Waals surface area contributed by atoms with E-state index in [0.29, 0.717) is 12.0 Å². The summed E-state index contributed by atoms with van der Waals surface area (Å²) in [5.74, 6) is 1.43. The molecule has 0 saturated heterocycles. The first-order valence-electron chi connectivity index (χ1n) is 5.58. The highest BCUT2D eigenvalue weighted by molar-refractivity contribution is 5.28. The Balaban J connectivity index is 2.27. The minimum Gasteiger partial charge on any atom is -0.478 e. The Morgan fingerprint density at radius 2 is 2.40 bits per heavy atom. The molecule has 0 aliphatic carbocycles. The van der Waals surface area contributed by atoms with E-state index in [-0.39, 0.29) is 0 Å². The largest absolute Gasteiger partial charge is 0.478 e. The monoisotopic (exact) mass is 209 g/mol. The highest BCUT2D eigenvalue weighted by Gasteiger charge is 2.21. The third kappa shape index (κ3) is 2.00. The van der Waals surface area contributed by atoms with Crippen molar-refractivity contribution >= 4 is 0 Å². The van der Waals surface area contributed by atoms with E-state index in [4.69, 9.17) is 4.74 Å². The van der Waals surface area contributed by atoms with Crippen molar-refractivity contribution in [3.8, 4) is 5.88 Å². The lowest BCUT2D eigenvalue weighted by molar-refractivity contribution is 0.293. The van der Waals surface area contributed by atoms with Gasteiger partial charge in [0.25, 0.3) is 0 Å². The molecule has 84 valence electrons.